The van der Waals surface area contributed by atoms with Crippen LogP contribution in [0.4, 0.5) is 0 Å². The third-order valence-electron chi connectivity index (χ3n) is 1.63. The molecule has 0 aromatic heterocycles. The van der Waals surface area contributed by atoms with Crippen molar-refractivity contribution in [2.45, 2.75) is 55.4 Å². The number of carbonyl (C=O) groups is 4. The summed E-state index contributed by atoms with van der Waals surface area (Å²) in [6.07, 6.45) is 4.22. The fraction of sp³-hybridized carbons (Fsp3) is 0.400. The van der Waals surface area contributed by atoms with E-state index >= 15 is 0 Å². The standard InChI is InChI=1S/4C5H8O2.V/c4*1-4(6)3-5(2)7;/h4*3,6H,1-2H3;/q;;;;+4/p-4. The Morgan fingerprint density at radius 2 is 0.517 bits per heavy atom. The van der Waals surface area contributed by atoms with E-state index < -0.39 is 0 Å². The number of rotatable bonds is 4. The first-order valence-corrected chi connectivity index (χ1v) is 7.94. The van der Waals surface area contributed by atoms with Crippen LogP contribution in [0.3, 0.4) is 0 Å². The van der Waals surface area contributed by atoms with Gasteiger partial charge in [-0.1, -0.05) is 27.7 Å². The summed E-state index contributed by atoms with van der Waals surface area (Å²) < 4.78 is 0. The van der Waals surface area contributed by atoms with E-state index in [0.717, 1.165) is 24.3 Å². The molecule has 9 heteroatoms. The molecule has 0 spiro atoms. The maximum Gasteiger partial charge on any atom is 4.00 e. The second kappa shape index (κ2) is 23.5. The van der Waals surface area contributed by atoms with Gasteiger partial charge in [0.25, 0.3) is 0 Å². The van der Waals surface area contributed by atoms with Crippen LogP contribution in [0.5, 0.6) is 0 Å². The molecule has 161 valence electrons. The molecule has 0 aliphatic heterocycles. The molecule has 0 heterocycles. The van der Waals surface area contributed by atoms with Gasteiger partial charge in [-0.25, -0.2) is 0 Å². The van der Waals surface area contributed by atoms with Crippen LogP contribution >= 0.6 is 0 Å². The van der Waals surface area contributed by atoms with E-state index in [0.29, 0.717) is 0 Å². The van der Waals surface area contributed by atoms with Crippen molar-refractivity contribution in [2.75, 3.05) is 0 Å². The van der Waals surface area contributed by atoms with E-state index in [9.17, 15) is 39.6 Å². The molecule has 0 aliphatic rings. The third-order valence-corrected chi connectivity index (χ3v) is 1.63. The fourth-order valence-corrected chi connectivity index (χ4v) is 1.14. The molecule has 0 rings (SSSR count). The molecule has 0 N–H and O–H groups in total. The van der Waals surface area contributed by atoms with E-state index in [2.05, 4.69) is 0 Å². The normalized spacial score (nSPS) is 11.0. The van der Waals surface area contributed by atoms with E-state index in [1.54, 1.807) is 0 Å². The Morgan fingerprint density at radius 1 is 0.414 bits per heavy atom. The van der Waals surface area contributed by atoms with Crippen LogP contribution in [-0.4, -0.2) is 23.1 Å². The average Bonchev–Trinajstić information content (AvgIpc) is 2.32. The molecule has 0 aromatic carbocycles. The van der Waals surface area contributed by atoms with Crippen molar-refractivity contribution < 1.29 is 58.2 Å². The predicted octanol–water partition coefficient (Wildman–Crippen LogP) is -0.644. The molecule has 0 saturated carbocycles. The molecule has 0 aromatic rings. The van der Waals surface area contributed by atoms with Gasteiger partial charge in [-0.05, 0) is 52.0 Å². The molecule has 0 amide bonds. The van der Waals surface area contributed by atoms with E-state index in [-0.39, 0.29) is 64.7 Å². The fourth-order valence-electron chi connectivity index (χ4n) is 1.14. The van der Waals surface area contributed by atoms with E-state index in [4.69, 9.17) is 0 Å². The summed E-state index contributed by atoms with van der Waals surface area (Å²) in [5.41, 5.74) is 0. The monoisotopic (exact) mass is 447 g/mol. The Morgan fingerprint density at radius 3 is 0.517 bits per heavy atom. The van der Waals surface area contributed by atoms with Crippen molar-refractivity contribution in [3.63, 3.8) is 0 Å². The number of carbonyl (C=O) groups excluding carboxylic acids is 4. The van der Waals surface area contributed by atoms with Gasteiger partial charge in [0, 0.05) is 0 Å². The van der Waals surface area contributed by atoms with Crippen LogP contribution in [0.2, 0.25) is 0 Å². The summed E-state index contributed by atoms with van der Waals surface area (Å²) in [4.78, 5) is 39.9. The largest absolute Gasteiger partial charge is 4.00 e. The Labute approximate surface area is 184 Å². The van der Waals surface area contributed by atoms with Crippen LogP contribution in [0.1, 0.15) is 55.4 Å². The molecule has 0 atom stereocenters. The molecule has 0 unspecified atom stereocenters. The minimum atomic E-state index is -0.187. The first-order chi connectivity index (χ1) is 12.5. The zero-order valence-electron chi connectivity index (χ0n) is 18.0. The molecule has 0 aliphatic carbocycles. The van der Waals surface area contributed by atoms with Gasteiger partial charge in [-0.2, -0.15) is 0 Å². The first kappa shape index (κ1) is 37.2. The maximum atomic E-state index is 9.98. The van der Waals surface area contributed by atoms with Gasteiger partial charge in [-0.3, -0.25) is 19.2 Å². The van der Waals surface area contributed by atoms with Crippen LogP contribution in [0.25, 0.3) is 0 Å². The van der Waals surface area contributed by atoms with Crippen LogP contribution in [-0.2, 0) is 37.7 Å². The minimum Gasteiger partial charge on any atom is -0.876 e. The van der Waals surface area contributed by atoms with Crippen LogP contribution in [0.15, 0.2) is 47.3 Å². The van der Waals surface area contributed by atoms with Crippen LogP contribution in [0, 0.1) is 0 Å². The van der Waals surface area contributed by atoms with Crippen molar-refractivity contribution in [3.8, 4) is 0 Å². The number of allylic oxidation sites excluding steroid dienone is 8. The van der Waals surface area contributed by atoms with Gasteiger partial charge in [0.2, 0.25) is 0 Å². The first-order valence-electron chi connectivity index (χ1n) is 7.94. The van der Waals surface area contributed by atoms with Crippen molar-refractivity contribution >= 4 is 23.1 Å². The van der Waals surface area contributed by atoms with Gasteiger partial charge in [0.1, 0.15) is 0 Å². The Hall–Kier alpha value is -2.58. The van der Waals surface area contributed by atoms with Gasteiger partial charge < -0.3 is 20.4 Å². The van der Waals surface area contributed by atoms with Crippen molar-refractivity contribution in [2.24, 2.45) is 0 Å². The average molecular weight is 447 g/mol. The topological polar surface area (TPSA) is 161 Å². The molecule has 29 heavy (non-hydrogen) atoms. The van der Waals surface area contributed by atoms with Gasteiger partial charge in [0.15, 0.2) is 23.1 Å². The predicted molar refractivity (Wildman–Crippen MR) is 97.8 cm³/mol. The molecular formula is C20H28O8V. The molecule has 1 radical (unpaired) electrons. The molecule has 0 bridgehead atoms. The van der Waals surface area contributed by atoms with Crippen molar-refractivity contribution in [1.82, 2.24) is 0 Å². The smallest absolute Gasteiger partial charge is 0.876 e. The van der Waals surface area contributed by atoms with E-state index in [1.807, 2.05) is 0 Å². The van der Waals surface area contributed by atoms with Gasteiger partial charge in [0.05, 0.1) is 0 Å². The Balaban J connectivity index is -0.0000000873. The summed E-state index contributed by atoms with van der Waals surface area (Å²) >= 11 is 0. The molecular weight excluding hydrogens is 419 g/mol. The molecule has 8 nitrogen and oxygen atoms in total. The number of hydrogen-bond acceptors (Lipinski definition) is 8. The molecule has 0 saturated heterocycles. The van der Waals surface area contributed by atoms with Crippen molar-refractivity contribution in [3.05, 3.63) is 47.3 Å². The van der Waals surface area contributed by atoms with Gasteiger partial charge in [-0.15, -0.1) is 23.0 Å². The minimum absolute atomic E-state index is 0. The zero-order chi connectivity index (χ0) is 23.4. The summed E-state index contributed by atoms with van der Waals surface area (Å²) in [7, 11) is 0. The van der Waals surface area contributed by atoms with Crippen LogP contribution < -0.4 is 20.4 Å². The Kier molecular flexibility index (Phi) is 30.1. The third kappa shape index (κ3) is 77.4. The molecule has 0 fully saturated rings. The maximum absolute atomic E-state index is 9.98. The summed E-state index contributed by atoms with van der Waals surface area (Å²) in [6.45, 7) is 10.8. The second-order valence-corrected chi connectivity index (χ2v) is 5.46. The summed E-state index contributed by atoms with van der Waals surface area (Å²) in [5, 5.41) is 39.9. The van der Waals surface area contributed by atoms with E-state index in [1.165, 1.54) is 55.4 Å². The second-order valence-electron chi connectivity index (χ2n) is 5.46. The number of ketones is 4. The zero-order valence-corrected chi connectivity index (χ0v) is 19.4. The number of hydrogen-bond donors (Lipinski definition) is 0. The van der Waals surface area contributed by atoms with Gasteiger partial charge >= 0.3 is 18.6 Å². The van der Waals surface area contributed by atoms with Crippen molar-refractivity contribution in [1.29, 1.82) is 0 Å². The SMILES string of the molecule is CC(=O)C=C(C)[O-].CC(=O)C=C(C)[O-].CC(=O)C=C(C)[O-].CC(=O)C=C(C)[O-].[V+4]. The summed E-state index contributed by atoms with van der Waals surface area (Å²) in [6, 6.07) is 0. The Bertz CT molecular complexity index is 513. The summed E-state index contributed by atoms with van der Waals surface area (Å²) in [5.74, 6) is -1.50. The quantitative estimate of drug-likeness (QED) is 0.406.